The lowest BCUT2D eigenvalue weighted by atomic mass is 10.0. The molecule has 2 aliphatic rings. The number of amides is 2. The summed E-state index contributed by atoms with van der Waals surface area (Å²) in [6.07, 6.45) is 7.65. The van der Waals surface area contributed by atoms with Gasteiger partial charge < -0.3 is 15.3 Å². The molecule has 22 heavy (non-hydrogen) atoms. The number of rotatable bonds is 10. The van der Waals surface area contributed by atoms with Crippen LogP contribution in [0.1, 0.15) is 58.3 Å². The number of fused-ring (bicyclic) bond motifs is 1. The Hall–Kier alpha value is -0.910. The quantitative estimate of drug-likeness (QED) is 0.477. The fourth-order valence-corrected chi connectivity index (χ4v) is 5.04. The molecule has 0 saturated carbocycles. The molecular formula is C16H28N2O3S. The van der Waals surface area contributed by atoms with E-state index >= 15 is 0 Å². The molecule has 0 radical (unpaired) electrons. The first-order valence-electron chi connectivity index (χ1n) is 8.54. The first kappa shape index (κ1) is 17.4. The Labute approximate surface area is 137 Å². The van der Waals surface area contributed by atoms with Crippen molar-refractivity contribution in [2.75, 3.05) is 12.3 Å². The number of carbonyl (C=O) groups is 2. The van der Waals surface area contributed by atoms with E-state index in [1.54, 1.807) is 0 Å². The van der Waals surface area contributed by atoms with Gasteiger partial charge in [0.1, 0.15) is 0 Å². The number of urea groups is 1. The van der Waals surface area contributed by atoms with Gasteiger partial charge in [-0.1, -0.05) is 32.6 Å². The molecule has 2 N–H and O–H groups in total. The summed E-state index contributed by atoms with van der Waals surface area (Å²) in [6, 6.07) is 0.694. The maximum atomic E-state index is 12.1. The van der Waals surface area contributed by atoms with Crippen molar-refractivity contribution in [3.63, 3.8) is 0 Å². The van der Waals surface area contributed by atoms with E-state index in [2.05, 4.69) is 12.2 Å². The minimum atomic E-state index is -0.716. The molecule has 2 amide bonds. The van der Waals surface area contributed by atoms with Gasteiger partial charge in [-0.05, 0) is 19.3 Å². The van der Waals surface area contributed by atoms with Crippen molar-refractivity contribution in [2.45, 2.75) is 75.6 Å². The molecule has 2 fully saturated rings. The summed E-state index contributed by atoms with van der Waals surface area (Å²) in [5.41, 5.74) is 0. The van der Waals surface area contributed by atoms with E-state index in [0.29, 0.717) is 11.3 Å². The molecule has 0 aromatic heterocycles. The summed E-state index contributed by atoms with van der Waals surface area (Å²) in [5.74, 6) is 0.276. The monoisotopic (exact) mass is 328 g/mol. The number of nitrogens with zero attached hydrogens (tertiary/aromatic N) is 1. The molecule has 0 aromatic carbocycles. The minimum Gasteiger partial charge on any atom is -0.481 e. The van der Waals surface area contributed by atoms with Crippen molar-refractivity contribution in [2.24, 2.45) is 0 Å². The van der Waals surface area contributed by atoms with Gasteiger partial charge in [0.15, 0.2) is 0 Å². The second-order valence-electron chi connectivity index (χ2n) is 6.31. The van der Waals surface area contributed by atoms with Crippen LogP contribution in [0, 0.1) is 0 Å². The van der Waals surface area contributed by atoms with Crippen LogP contribution in [0.3, 0.4) is 0 Å². The highest BCUT2D eigenvalue weighted by Gasteiger charge is 2.47. The fraction of sp³-hybridized carbons (Fsp3) is 0.875. The predicted molar refractivity (Wildman–Crippen MR) is 89.3 cm³/mol. The smallest absolute Gasteiger partial charge is 0.318 e. The van der Waals surface area contributed by atoms with Gasteiger partial charge in [0.05, 0.1) is 12.1 Å². The summed E-state index contributed by atoms with van der Waals surface area (Å²) in [4.78, 5) is 24.8. The van der Waals surface area contributed by atoms with Gasteiger partial charge in [-0.25, -0.2) is 4.79 Å². The number of hydrogen-bond acceptors (Lipinski definition) is 3. The van der Waals surface area contributed by atoms with Gasteiger partial charge >= 0.3 is 12.0 Å². The zero-order valence-electron chi connectivity index (χ0n) is 13.4. The van der Waals surface area contributed by atoms with Gasteiger partial charge in [0.25, 0.3) is 0 Å². The summed E-state index contributed by atoms with van der Waals surface area (Å²) in [5, 5.41) is 12.3. The molecule has 0 aliphatic carbocycles. The average molecular weight is 328 g/mol. The van der Waals surface area contributed by atoms with Crippen LogP contribution in [0.5, 0.6) is 0 Å². The molecule has 0 bridgehead atoms. The molecule has 2 saturated heterocycles. The van der Waals surface area contributed by atoms with E-state index in [4.69, 9.17) is 5.11 Å². The van der Waals surface area contributed by atoms with Crippen LogP contribution in [0.2, 0.25) is 0 Å². The first-order chi connectivity index (χ1) is 10.6. The van der Waals surface area contributed by atoms with Gasteiger partial charge in [0.2, 0.25) is 0 Å². The lowest BCUT2D eigenvalue weighted by Crippen LogP contribution is -2.41. The standard InChI is InChI=1S/C16H28N2O3S/c1-2-3-4-7-10-18-15-12(17-16(18)21)11-22-13(15)8-5-6-9-14(19)20/h12-13,15H,2-11H2,1H3,(H,17,21)(H,19,20)/t12-,13-,15-/m1/s1. The maximum Gasteiger partial charge on any atom is 0.318 e. The molecule has 2 heterocycles. The molecular weight excluding hydrogens is 300 g/mol. The number of hydrogen-bond donors (Lipinski definition) is 2. The van der Waals surface area contributed by atoms with Gasteiger partial charge in [-0.2, -0.15) is 11.8 Å². The normalized spacial score (nSPS) is 27.0. The number of carboxylic acids is 1. The second-order valence-corrected chi connectivity index (χ2v) is 7.58. The van der Waals surface area contributed by atoms with E-state index in [0.717, 1.165) is 38.0 Å². The Bertz CT molecular complexity index is 392. The number of aliphatic carboxylic acids is 1. The largest absolute Gasteiger partial charge is 0.481 e. The van der Waals surface area contributed by atoms with Gasteiger partial charge in [-0.15, -0.1) is 0 Å². The third kappa shape index (κ3) is 4.54. The molecule has 0 spiro atoms. The molecule has 6 heteroatoms. The molecule has 5 nitrogen and oxygen atoms in total. The lowest BCUT2D eigenvalue weighted by Gasteiger charge is -2.27. The van der Waals surface area contributed by atoms with Gasteiger partial charge in [0, 0.05) is 24.0 Å². The highest BCUT2D eigenvalue weighted by atomic mass is 32.2. The van der Waals surface area contributed by atoms with Crippen molar-refractivity contribution in [1.29, 1.82) is 0 Å². The van der Waals surface area contributed by atoms with Crippen LogP contribution in [0.25, 0.3) is 0 Å². The lowest BCUT2D eigenvalue weighted by molar-refractivity contribution is -0.137. The number of carboxylic acid groups (broad SMARTS) is 1. The van der Waals surface area contributed by atoms with Crippen molar-refractivity contribution in [3.8, 4) is 0 Å². The summed E-state index contributed by atoms with van der Waals surface area (Å²) < 4.78 is 0. The third-order valence-electron chi connectivity index (χ3n) is 4.59. The van der Waals surface area contributed by atoms with E-state index in [1.165, 1.54) is 19.3 Å². The topological polar surface area (TPSA) is 69.6 Å². The zero-order chi connectivity index (χ0) is 15.9. The number of thioether (sulfide) groups is 1. The third-order valence-corrected chi connectivity index (χ3v) is 6.09. The van der Waals surface area contributed by atoms with Gasteiger partial charge in [-0.3, -0.25) is 4.79 Å². The maximum absolute atomic E-state index is 12.1. The summed E-state index contributed by atoms with van der Waals surface area (Å²) >= 11 is 1.94. The van der Waals surface area contributed by atoms with Crippen molar-refractivity contribution in [1.82, 2.24) is 10.2 Å². The molecule has 0 aromatic rings. The first-order valence-corrected chi connectivity index (χ1v) is 9.59. The predicted octanol–water partition coefficient (Wildman–Crippen LogP) is 3.09. The van der Waals surface area contributed by atoms with Crippen molar-refractivity contribution in [3.05, 3.63) is 0 Å². The molecule has 126 valence electrons. The Morgan fingerprint density at radius 2 is 2.14 bits per heavy atom. The summed E-state index contributed by atoms with van der Waals surface area (Å²) in [7, 11) is 0. The Balaban J connectivity index is 1.80. The van der Waals surface area contributed by atoms with E-state index in [-0.39, 0.29) is 18.5 Å². The molecule has 2 aliphatic heterocycles. The summed E-state index contributed by atoms with van der Waals surface area (Å²) in [6.45, 7) is 3.05. The van der Waals surface area contributed by atoms with Crippen LogP contribution in [0.4, 0.5) is 4.79 Å². The van der Waals surface area contributed by atoms with Crippen molar-refractivity contribution < 1.29 is 14.7 Å². The molecule has 3 atom stereocenters. The highest BCUT2D eigenvalue weighted by Crippen LogP contribution is 2.37. The molecule has 2 rings (SSSR count). The van der Waals surface area contributed by atoms with Crippen LogP contribution < -0.4 is 5.32 Å². The van der Waals surface area contributed by atoms with E-state index in [1.807, 2.05) is 16.7 Å². The SMILES string of the molecule is CCCCCCN1C(=O)N[C@@H]2CS[C@H](CCCCC(=O)O)[C@@H]21. The van der Waals surface area contributed by atoms with E-state index < -0.39 is 5.97 Å². The Morgan fingerprint density at radius 1 is 1.32 bits per heavy atom. The highest BCUT2D eigenvalue weighted by molar-refractivity contribution is 8.00. The Kier molecular flexibility index (Phi) is 6.86. The second kappa shape index (κ2) is 8.65. The Morgan fingerprint density at radius 3 is 2.86 bits per heavy atom. The zero-order valence-corrected chi connectivity index (χ0v) is 14.2. The van der Waals surface area contributed by atoms with E-state index in [9.17, 15) is 9.59 Å². The van der Waals surface area contributed by atoms with Crippen LogP contribution in [-0.2, 0) is 4.79 Å². The van der Waals surface area contributed by atoms with Crippen LogP contribution in [-0.4, -0.2) is 51.6 Å². The van der Waals surface area contributed by atoms with Crippen LogP contribution in [0.15, 0.2) is 0 Å². The number of carbonyl (C=O) groups excluding carboxylic acids is 1. The van der Waals surface area contributed by atoms with Crippen LogP contribution >= 0.6 is 11.8 Å². The molecule has 0 unspecified atom stereocenters. The average Bonchev–Trinajstić information content (AvgIpc) is 2.99. The minimum absolute atomic E-state index is 0.0994. The number of unbranched alkanes of at least 4 members (excludes halogenated alkanes) is 4. The fourth-order valence-electron chi connectivity index (χ4n) is 3.44. The number of nitrogens with one attached hydrogen (secondary N) is 1. The van der Waals surface area contributed by atoms with Crippen molar-refractivity contribution >= 4 is 23.8 Å².